The average molecular weight is 452 g/mol. The Hall–Kier alpha value is -2.22. The van der Waals surface area contributed by atoms with Crippen molar-refractivity contribution in [1.82, 2.24) is 9.71 Å². The van der Waals surface area contributed by atoms with E-state index < -0.39 is 15.9 Å². The fourth-order valence-corrected chi connectivity index (χ4v) is 5.17. The number of hydrogen-bond acceptors (Lipinski definition) is 5. The minimum absolute atomic E-state index is 0.00783. The summed E-state index contributed by atoms with van der Waals surface area (Å²) in [6.45, 7) is 3.62. The predicted molar refractivity (Wildman–Crippen MR) is 114 cm³/mol. The third-order valence-electron chi connectivity index (χ3n) is 4.44. The number of aliphatic imine (C=N–C) groups is 1. The van der Waals surface area contributed by atoms with E-state index in [1.807, 2.05) is 6.92 Å². The smallest absolute Gasteiger partial charge is 0.266 e. The third kappa shape index (κ3) is 4.52. The summed E-state index contributed by atoms with van der Waals surface area (Å²) in [6.07, 6.45) is 4.80. The van der Waals surface area contributed by atoms with Crippen LogP contribution >= 0.6 is 23.2 Å². The third-order valence-corrected chi connectivity index (χ3v) is 6.71. The van der Waals surface area contributed by atoms with Crippen LogP contribution in [0.3, 0.4) is 0 Å². The second-order valence-electron chi connectivity index (χ2n) is 6.60. The summed E-state index contributed by atoms with van der Waals surface area (Å²) < 4.78 is 27.5. The second kappa shape index (κ2) is 8.65. The molecule has 0 radical (unpaired) electrons. The predicted octanol–water partition coefficient (Wildman–Crippen LogP) is 4.30. The molecule has 0 fully saturated rings. The van der Waals surface area contributed by atoms with Gasteiger partial charge in [-0.2, -0.15) is 0 Å². The van der Waals surface area contributed by atoms with Crippen LogP contribution in [0.2, 0.25) is 10.0 Å². The molecule has 1 atom stereocenters. The number of rotatable bonds is 6. The molecule has 6 nitrogen and oxygen atoms in total. The Labute approximate surface area is 179 Å². The number of allylic oxidation sites excluding steroid dienone is 1. The molecule has 2 heterocycles. The molecule has 152 valence electrons. The molecule has 1 aliphatic heterocycles. The minimum Gasteiger partial charge on any atom is -0.266 e. The number of nitrogens with zero attached hydrogens (tertiary/aromatic N) is 2. The van der Waals surface area contributed by atoms with Crippen LogP contribution in [0.25, 0.3) is 0 Å². The SMILES string of the molecule is CCCC1C=C(C(=O)NS(=O)(=O)c2c(C)cccc2Cl)N=C1c1ncccc1Cl. The van der Waals surface area contributed by atoms with Crippen molar-refractivity contribution >= 4 is 44.8 Å². The summed E-state index contributed by atoms with van der Waals surface area (Å²) in [6, 6.07) is 8.10. The Morgan fingerprint density at radius 1 is 1.17 bits per heavy atom. The van der Waals surface area contributed by atoms with Gasteiger partial charge in [-0.1, -0.05) is 48.7 Å². The standard InChI is InChI=1S/C20H19Cl2N3O3S/c1-3-6-13-11-16(24-17(13)18-14(21)9-5-10-23-18)20(26)25-29(27,28)19-12(2)7-4-8-15(19)22/h4-5,7-11,13H,3,6H2,1-2H3,(H,25,26). The van der Waals surface area contributed by atoms with Gasteiger partial charge in [0.05, 0.1) is 15.8 Å². The zero-order chi connectivity index (χ0) is 21.2. The van der Waals surface area contributed by atoms with Crippen molar-refractivity contribution in [3.63, 3.8) is 0 Å². The lowest BCUT2D eigenvalue weighted by molar-refractivity contribution is -0.115. The zero-order valence-electron chi connectivity index (χ0n) is 15.8. The van der Waals surface area contributed by atoms with Gasteiger partial charge in [0, 0.05) is 12.1 Å². The van der Waals surface area contributed by atoms with Crippen LogP contribution < -0.4 is 4.72 Å². The van der Waals surface area contributed by atoms with Crippen molar-refractivity contribution in [2.45, 2.75) is 31.6 Å². The van der Waals surface area contributed by atoms with E-state index in [-0.39, 0.29) is 21.5 Å². The number of pyridine rings is 1. The lowest BCUT2D eigenvalue weighted by Crippen LogP contribution is -2.31. The van der Waals surface area contributed by atoms with Gasteiger partial charge in [0.15, 0.2) is 0 Å². The number of aryl methyl sites for hydroxylation is 1. The van der Waals surface area contributed by atoms with Gasteiger partial charge in [-0.25, -0.2) is 18.1 Å². The quantitative estimate of drug-likeness (QED) is 0.708. The number of benzene rings is 1. The van der Waals surface area contributed by atoms with Gasteiger partial charge in [0.2, 0.25) is 0 Å². The maximum atomic E-state index is 12.7. The molecule has 0 spiro atoms. The number of carbonyl (C=O) groups excluding carboxylic acids is 1. The van der Waals surface area contributed by atoms with E-state index in [1.165, 1.54) is 6.07 Å². The molecule has 0 aliphatic carbocycles. The van der Waals surface area contributed by atoms with E-state index >= 15 is 0 Å². The van der Waals surface area contributed by atoms with Crippen molar-refractivity contribution in [3.05, 3.63) is 69.6 Å². The number of aromatic nitrogens is 1. The number of halogens is 2. The molecular formula is C20H19Cl2N3O3S. The van der Waals surface area contributed by atoms with Crippen molar-refractivity contribution in [2.24, 2.45) is 10.9 Å². The molecule has 1 unspecified atom stereocenters. The molecule has 1 N–H and O–H groups in total. The first-order chi connectivity index (χ1) is 13.7. The Balaban J connectivity index is 1.93. The molecule has 0 saturated carbocycles. The summed E-state index contributed by atoms with van der Waals surface area (Å²) >= 11 is 12.3. The number of hydrogen-bond donors (Lipinski definition) is 1. The molecule has 0 saturated heterocycles. The highest BCUT2D eigenvalue weighted by atomic mass is 35.5. The molecule has 2 aromatic rings. The number of amides is 1. The van der Waals surface area contributed by atoms with Gasteiger partial charge < -0.3 is 0 Å². The van der Waals surface area contributed by atoms with E-state index in [0.717, 1.165) is 12.8 Å². The van der Waals surface area contributed by atoms with Crippen molar-refractivity contribution in [2.75, 3.05) is 0 Å². The van der Waals surface area contributed by atoms with Gasteiger partial charge in [0.1, 0.15) is 16.3 Å². The highest BCUT2D eigenvalue weighted by molar-refractivity contribution is 7.90. The summed E-state index contributed by atoms with van der Waals surface area (Å²) in [7, 11) is -4.16. The van der Waals surface area contributed by atoms with Crippen LogP contribution in [0, 0.1) is 12.8 Å². The molecule has 1 aliphatic rings. The summed E-state index contributed by atoms with van der Waals surface area (Å²) in [4.78, 5) is 21.2. The van der Waals surface area contributed by atoms with Crippen LogP contribution in [0.4, 0.5) is 0 Å². The Kier molecular flexibility index (Phi) is 6.41. The van der Waals surface area contributed by atoms with Crippen LogP contribution in [0.1, 0.15) is 31.0 Å². The van der Waals surface area contributed by atoms with E-state index in [2.05, 4.69) is 14.7 Å². The van der Waals surface area contributed by atoms with Crippen LogP contribution in [-0.2, 0) is 14.8 Å². The monoisotopic (exact) mass is 451 g/mol. The summed E-state index contributed by atoms with van der Waals surface area (Å²) in [5.41, 5.74) is 1.48. The van der Waals surface area contributed by atoms with E-state index in [4.69, 9.17) is 23.2 Å². The van der Waals surface area contributed by atoms with E-state index in [9.17, 15) is 13.2 Å². The first kappa shape index (κ1) is 21.5. The van der Waals surface area contributed by atoms with Gasteiger partial charge in [-0.05, 0) is 43.2 Å². The highest BCUT2D eigenvalue weighted by Crippen LogP contribution is 2.29. The van der Waals surface area contributed by atoms with Gasteiger partial charge in [-0.3, -0.25) is 9.78 Å². The molecule has 1 amide bonds. The number of sulfonamides is 1. The average Bonchev–Trinajstić information content (AvgIpc) is 3.05. The summed E-state index contributed by atoms with van der Waals surface area (Å²) in [5.74, 6) is -1.01. The van der Waals surface area contributed by atoms with Crippen molar-refractivity contribution in [3.8, 4) is 0 Å². The van der Waals surface area contributed by atoms with Crippen molar-refractivity contribution in [1.29, 1.82) is 0 Å². The molecule has 29 heavy (non-hydrogen) atoms. The van der Waals surface area contributed by atoms with E-state index in [0.29, 0.717) is 22.0 Å². The Bertz CT molecular complexity index is 1110. The Morgan fingerprint density at radius 2 is 1.90 bits per heavy atom. The van der Waals surface area contributed by atoms with Crippen molar-refractivity contribution < 1.29 is 13.2 Å². The molecule has 3 rings (SSSR count). The summed E-state index contributed by atoms with van der Waals surface area (Å²) in [5, 5.41) is 0.459. The van der Waals surface area contributed by atoms with Crippen LogP contribution in [0.5, 0.6) is 0 Å². The molecule has 9 heteroatoms. The normalized spacial score (nSPS) is 16.3. The fraction of sp³-hybridized carbons (Fsp3) is 0.250. The van der Waals surface area contributed by atoms with Crippen LogP contribution in [-0.4, -0.2) is 25.0 Å². The first-order valence-corrected chi connectivity index (χ1v) is 11.2. The zero-order valence-corrected chi connectivity index (χ0v) is 18.1. The topological polar surface area (TPSA) is 88.5 Å². The molecule has 1 aromatic carbocycles. The second-order valence-corrected chi connectivity index (χ2v) is 9.03. The maximum absolute atomic E-state index is 12.7. The lowest BCUT2D eigenvalue weighted by atomic mass is 9.96. The number of nitrogens with one attached hydrogen (secondary N) is 1. The maximum Gasteiger partial charge on any atom is 0.283 e. The lowest BCUT2D eigenvalue weighted by Gasteiger charge is -2.10. The molecule has 1 aromatic heterocycles. The fourth-order valence-electron chi connectivity index (χ4n) is 3.16. The largest absolute Gasteiger partial charge is 0.283 e. The molecule has 0 bridgehead atoms. The Morgan fingerprint density at radius 3 is 2.55 bits per heavy atom. The minimum atomic E-state index is -4.16. The van der Waals surface area contributed by atoms with Gasteiger partial charge in [0.25, 0.3) is 15.9 Å². The van der Waals surface area contributed by atoms with E-state index in [1.54, 1.807) is 43.5 Å². The highest BCUT2D eigenvalue weighted by Gasteiger charge is 2.30. The first-order valence-electron chi connectivity index (χ1n) is 8.98. The van der Waals surface area contributed by atoms with Gasteiger partial charge >= 0.3 is 0 Å². The number of carbonyl (C=O) groups is 1. The van der Waals surface area contributed by atoms with Crippen LogP contribution in [0.15, 0.2) is 58.2 Å². The van der Waals surface area contributed by atoms with Gasteiger partial charge in [-0.15, -0.1) is 0 Å². The molecular weight excluding hydrogens is 433 g/mol.